The summed E-state index contributed by atoms with van der Waals surface area (Å²) in [7, 11) is 0. The van der Waals surface area contributed by atoms with Gasteiger partial charge in [0.2, 0.25) is 5.95 Å². The molecule has 27 heavy (non-hydrogen) atoms. The maximum Gasteiger partial charge on any atom is 0.258 e. The van der Waals surface area contributed by atoms with Gasteiger partial charge in [-0.3, -0.25) is 4.79 Å². The Morgan fingerprint density at radius 2 is 2.15 bits per heavy atom. The molecular formula is C19H21N5O2S. The number of thiophene rings is 1. The fourth-order valence-corrected chi connectivity index (χ4v) is 3.84. The van der Waals surface area contributed by atoms with Gasteiger partial charge in [-0.1, -0.05) is 17.7 Å². The zero-order valence-electron chi connectivity index (χ0n) is 14.9. The van der Waals surface area contributed by atoms with Crippen LogP contribution in [0.1, 0.15) is 22.3 Å². The minimum Gasteiger partial charge on any atom is -0.380 e. The molecule has 3 heterocycles. The van der Waals surface area contributed by atoms with Gasteiger partial charge in [0.15, 0.2) is 0 Å². The lowest BCUT2D eigenvalue weighted by Gasteiger charge is -2.29. The number of carbonyl (C=O) groups is 1. The Balaban J connectivity index is 1.56. The van der Waals surface area contributed by atoms with Crippen molar-refractivity contribution in [3.8, 4) is 0 Å². The van der Waals surface area contributed by atoms with Gasteiger partial charge in [0.1, 0.15) is 0 Å². The Bertz CT molecular complexity index is 956. The van der Waals surface area contributed by atoms with Crippen LogP contribution in [0.25, 0.3) is 10.2 Å². The van der Waals surface area contributed by atoms with E-state index in [1.165, 1.54) is 11.3 Å². The van der Waals surface area contributed by atoms with Gasteiger partial charge in [0.25, 0.3) is 5.91 Å². The van der Waals surface area contributed by atoms with Crippen LogP contribution in [0.3, 0.4) is 0 Å². The molecule has 0 radical (unpaired) electrons. The number of fused-ring (bicyclic) bond motifs is 1. The highest BCUT2D eigenvalue weighted by molar-refractivity contribution is 7.17. The van der Waals surface area contributed by atoms with Crippen LogP contribution in [0, 0.1) is 6.92 Å². The summed E-state index contributed by atoms with van der Waals surface area (Å²) in [5, 5.41) is 8.01. The van der Waals surface area contributed by atoms with Crippen molar-refractivity contribution in [2.24, 2.45) is 5.73 Å². The third-order valence-electron chi connectivity index (χ3n) is 4.58. The number of anilines is 2. The summed E-state index contributed by atoms with van der Waals surface area (Å²) in [6, 6.07) is 7.64. The molecule has 3 aromatic rings. The van der Waals surface area contributed by atoms with E-state index in [2.05, 4.69) is 20.6 Å². The number of aromatic nitrogens is 2. The first-order valence-corrected chi connectivity index (χ1v) is 9.70. The molecule has 1 aromatic carbocycles. The number of nitrogens with zero attached hydrogens (tertiary/aromatic N) is 2. The number of hydrogen-bond donors (Lipinski definition) is 3. The average molecular weight is 383 g/mol. The number of aryl methyl sites for hydroxylation is 1. The van der Waals surface area contributed by atoms with Gasteiger partial charge in [-0.2, -0.15) is 0 Å². The summed E-state index contributed by atoms with van der Waals surface area (Å²) < 4.78 is 6.23. The van der Waals surface area contributed by atoms with Crippen molar-refractivity contribution in [1.82, 2.24) is 9.97 Å². The number of carbonyl (C=O) groups excluding carboxylic acids is 1. The van der Waals surface area contributed by atoms with Crippen molar-refractivity contribution in [3.63, 3.8) is 0 Å². The van der Waals surface area contributed by atoms with Crippen LogP contribution < -0.4 is 16.4 Å². The van der Waals surface area contributed by atoms with Gasteiger partial charge in [-0.15, -0.1) is 11.3 Å². The van der Waals surface area contributed by atoms with Gasteiger partial charge in [0.05, 0.1) is 28.6 Å². The van der Waals surface area contributed by atoms with Crippen molar-refractivity contribution < 1.29 is 9.53 Å². The molecule has 4 N–H and O–H groups in total. The molecule has 1 amide bonds. The molecule has 0 unspecified atom stereocenters. The molecule has 8 heteroatoms. The SMILES string of the molecule is Cc1ccc(NC(=O)c2csc3cnc(N[C@@H]4CCOC[C@@H]4N)nc23)cc1. The molecule has 0 saturated carbocycles. The Morgan fingerprint density at radius 1 is 1.33 bits per heavy atom. The number of ether oxygens (including phenoxy) is 1. The summed E-state index contributed by atoms with van der Waals surface area (Å²) in [6.07, 6.45) is 2.54. The summed E-state index contributed by atoms with van der Waals surface area (Å²) in [4.78, 5) is 21.6. The third kappa shape index (κ3) is 3.92. The molecule has 1 saturated heterocycles. The van der Waals surface area contributed by atoms with Crippen LogP contribution in [0.2, 0.25) is 0 Å². The maximum atomic E-state index is 12.7. The zero-order chi connectivity index (χ0) is 18.8. The summed E-state index contributed by atoms with van der Waals surface area (Å²) in [5.41, 5.74) is 9.17. The van der Waals surface area contributed by atoms with Crippen LogP contribution in [0.5, 0.6) is 0 Å². The number of nitrogens with one attached hydrogen (secondary N) is 2. The molecule has 0 spiro atoms. The molecule has 140 valence electrons. The Labute approximate surface area is 161 Å². The second-order valence-corrected chi connectivity index (χ2v) is 7.57. The molecule has 2 aromatic heterocycles. The van der Waals surface area contributed by atoms with Gasteiger partial charge >= 0.3 is 0 Å². The lowest BCUT2D eigenvalue weighted by atomic mass is 10.1. The van der Waals surface area contributed by atoms with Crippen molar-refractivity contribution in [2.75, 3.05) is 23.8 Å². The first-order chi connectivity index (χ1) is 13.1. The average Bonchev–Trinajstić information content (AvgIpc) is 3.09. The van der Waals surface area contributed by atoms with Crippen LogP contribution >= 0.6 is 11.3 Å². The van der Waals surface area contributed by atoms with E-state index in [9.17, 15) is 4.79 Å². The monoisotopic (exact) mass is 383 g/mol. The lowest BCUT2D eigenvalue weighted by Crippen LogP contribution is -2.47. The van der Waals surface area contributed by atoms with Gasteiger partial charge in [-0.25, -0.2) is 9.97 Å². The molecule has 1 aliphatic rings. The minimum atomic E-state index is -0.183. The summed E-state index contributed by atoms with van der Waals surface area (Å²) in [5.74, 6) is 0.296. The molecule has 0 aliphatic carbocycles. The van der Waals surface area contributed by atoms with Crippen molar-refractivity contribution in [1.29, 1.82) is 0 Å². The van der Waals surface area contributed by atoms with E-state index in [0.717, 1.165) is 22.4 Å². The molecule has 0 bridgehead atoms. The zero-order valence-corrected chi connectivity index (χ0v) is 15.8. The predicted molar refractivity (Wildman–Crippen MR) is 107 cm³/mol. The van der Waals surface area contributed by atoms with E-state index < -0.39 is 0 Å². The molecular weight excluding hydrogens is 362 g/mol. The third-order valence-corrected chi connectivity index (χ3v) is 5.49. The number of benzene rings is 1. The van der Waals surface area contributed by atoms with E-state index in [-0.39, 0.29) is 18.0 Å². The fourth-order valence-electron chi connectivity index (χ4n) is 3.00. The largest absolute Gasteiger partial charge is 0.380 e. The number of hydrogen-bond acceptors (Lipinski definition) is 7. The van der Waals surface area contributed by atoms with E-state index in [1.54, 1.807) is 6.20 Å². The minimum absolute atomic E-state index is 0.0553. The van der Waals surface area contributed by atoms with Crippen LogP contribution in [-0.2, 0) is 4.74 Å². The highest BCUT2D eigenvalue weighted by Crippen LogP contribution is 2.26. The maximum absolute atomic E-state index is 12.7. The van der Waals surface area contributed by atoms with E-state index >= 15 is 0 Å². The molecule has 1 aliphatic heterocycles. The Morgan fingerprint density at radius 3 is 2.93 bits per heavy atom. The van der Waals surface area contributed by atoms with Crippen LogP contribution in [0.15, 0.2) is 35.8 Å². The Hall–Kier alpha value is -2.55. The van der Waals surface area contributed by atoms with E-state index in [4.69, 9.17) is 10.5 Å². The molecule has 7 nitrogen and oxygen atoms in total. The smallest absolute Gasteiger partial charge is 0.258 e. The molecule has 4 rings (SSSR count). The summed E-state index contributed by atoms with van der Waals surface area (Å²) in [6.45, 7) is 3.19. The summed E-state index contributed by atoms with van der Waals surface area (Å²) >= 11 is 1.45. The van der Waals surface area contributed by atoms with E-state index in [1.807, 2.05) is 36.6 Å². The number of nitrogens with two attached hydrogens (primary N) is 1. The van der Waals surface area contributed by atoms with E-state index in [0.29, 0.717) is 30.2 Å². The first-order valence-electron chi connectivity index (χ1n) is 8.82. The second-order valence-electron chi connectivity index (χ2n) is 6.65. The van der Waals surface area contributed by atoms with Gasteiger partial charge < -0.3 is 21.1 Å². The predicted octanol–water partition coefficient (Wildman–Crippen LogP) is 2.78. The van der Waals surface area contributed by atoms with Crippen LogP contribution in [-0.4, -0.2) is 41.2 Å². The van der Waals surface area contributed by atoms with Crippen molar-refractivity contribution in [2.45, 2.75) is 25.4 Å². The Kier molecular flexibility index (Phi) is 5.02. The second kappa shape index (κ2) is 7.59. The first kappa shape index (κ1) is 17.8. The molecule has 2 atom stereocenters. The normalized spacial score (nSPS) is 19.8. The topological polar surface area (TPSA) is 102 Å². The van der Waals surface area contributed by atoms with Crippen molar-refractivity contribution in [3.05, 3.63) is 47.0 Å². The highest BCUT2D eigenvalue weighted by atomic mass is 32.1. The number of amides is 1. The highest BCUT2D eigenvalue weighted by Gasteiger charge is 2.23. The van der Waals surface area contributed by atoms with Crippen LogP contribution in [0.4, 0.5) is 11.6 Å². The van der Waals surface area contributed by atoms with Gasteiger partial charge in [0, 0.05) is 29.8 Å². The fraction of sp³-hybridized carbons (Fsp3) is 0.316. The quantitative estimate of drug-likeness (QED) is 0.640. The number of rotatable bonds is 4. The molecule has 1 fully saturated rings. The van der Waals surface area contributed by atoms with Crippen molar-refractivity contribution >= 4 is 39.1 Å². The lowest BCUT2D eigenvalue weighted by molar-refractivity contribution is 0.0751. The van der Waals surface area contributed by atoms with Gasteiger partial charge in [-0.05, 0) is 25.5 Å². The standard InChI is InChI=1S/C19H21N5O2S/c1-11-2-4-12(5-3-11)22-18(25)13-10-27-16-8-21-19(24-17(13)16)23-15-6-7-26-9-14(15)20/h2-5,8,10,14-15H,6-7,9,20H2,1H3,(H,22,25)(H,21,23,24)/t14-,15+/m0/s1.